The first-order valence-corrected chi connectivity index (χ1v) is 5.30. The van der Waals surface area contributed by atoms with E-state index in [-0.39, 0.29) is 6.61 Å². The molecule has 4 nitrogen and oxygen atoms in total. The molecular weight excluding hydrogens is 251 g/mol. The van der Waals surface area contributed by atoms with Crippen molar-refractivity contribution in [1.29, 1.82) is 0 Å². The van der Waals surface area contributed by atoms with E-state index in [4.69, 9.17) is 23.2 Å². The summed E-state index contributed by atoms with van der Waals surface area (Å²) in [5.74, 6) is 0. The minimum absolute atomic E-state index is 0.286. The van der Waals surface area contributed by atoms with Crippen LogP contribution in [0.3, 0.4) is 0 Å². The first-order chi connectivity index (χ1) is 7.65. The molecule has 0 heterocycles. The second kappa shape index (κ2) is 6.35. The molecule has 0 fully saturated rings. The summed E-state index contributed by atoms with van der Waals surface area (Å²) >= 11 is 11.8. The van der Waals surface area contributed by atoms with Gasteiger partial charge in [-0.05, 0) is 19.1 Å². The highest BCUT2D eigenvalue weighted by atomic mass is 35.5. The Morgan fingerprint density at radius 3 is 2.69 bits per heavy atom. The lowest BCUT2D eigenvalue weighted by atomic mass is 10.2. The van der Waals surface area contributed by atoms with Crippen LogP contribution in [-0.4, -0.2) is 18.9 Å². The van der Waals surface area contributed by atoms with Crippen molar-refractivity contribution < 1.29 is 9.53 Å². The maximum Gasteiger partial charge on any atom is 0.427 e. The van der Waals surface area contributed by atoms with Gasteiger partial charge >= 0.3 is 6.09 Å². The Kier molecular flexibility index (Phi) is 5.08. The van der Waals surface area contributed by atoms with Crippen LogP contribution in [0, 0.1) is 0 Å². The smallest absolute Gasteiger partial charge is 0.427 e. The molecule has 0 spiro atoms. The van der Waals surface area contributed by atoms with Crippen molar-refractivity contribution in [2.75, 3.05) is 6.61 Å². The van der Waals surface area contributed by atoms with E-state index in [0.717, 1.165) is 0 Å². The van der Waals surface area contributed by atoms with Crippen molar-refractivity contribution in [3.63, 3.8) is 0 Å². The molecule has 0 aliphatic carbocycles. The SMILES string of the molecule is CCOC(=O)N/N=C/c1c(Cl)cccc1Cl. The predicted octanol–water partition coefficient (Wildman–Crippen LogP) is 3.07. The zero-order valence-corrected chi connectivity index (χ0v) is 10.0. The second-order valence-electron chi connectivity index (χ2n) is 2.73. The van der Waals surface area contributed by atoms with Crippen molar-refractivity contribution >= 4 is 35.5 Å². The van der Waals surface area contributed by atoms with E-state index in [1.165, 1.54) is 6.21 Å². The third-order valence-corrected chi connectivity index (χ3v) is 2.28. The van der Waals surface area contributed by atoms with Crippen molar-refractivity contribution in [2.45, 2.75) is 6.92 Å². The molecule has 0 atom stereocenters. The molecule has 1 aromatic rings. The summed E-state index contributed by atoms with van der Waals surface area (Å²) in [6.45, 7) is 1.99. The van der Waals surface area contributed by atoms with E-state index in [2.05, 4.69) is 15.3 Å². The van der Waals surface area contributed by atoms with Gasteiger partial charge in [0.2, 0.25) is 0 Å². The predicted molar refractivity (Wildman–Crippen MR) is 64.2 cm³/mol. The fourth-order valence-corrected chi connectivity index (χ4v) is 1.44. The van der Waals surface area contributed by atoms with Crippen LogP contribution < -0.4 is 5.43 Å². The van der Waals surface area contributed by atoms with Crippen LogP contribution in [0.25, 0.3) is 0 Å². The topological polar surface area (TPSA) is 50.7 Å². The molecule has 0 unspecified atom stereocenters. The number of amides is 1. The number of hydrogen-bond acceptors (Lipinski definition) is 3. The molecular formula is C10H10Cl2N2O2. The van der Waals surface area contributed by atoms with Crippen molar-refractivity contribution in [3.05, 3.63) is 33.8 Å². The number of hydrazone groups is 1. The zero-order chi connectivity index (χ0) is 12.0. The minimum atomic E-state index is -0.623. The Balaban J connectivity index is 2.66. The fraction of sp³-hybridized carbons (Fsp3) is 0.200. The highest BCUT2D eigenvalue weighted by Crippen LogP contribution is 2.21. The molecule has 0 saturated heterocycles. The Hall–Kier alpha value is -1.26. The Morgan fingerprint density at radius 1 is 1.50 bits per heavy atom. The van der Waals surface area contributed by atoms with Crippen LogP contribution in [0.5, 0.6) is 0 Å². The van der Waals surface area contributed by atoms with Gasteiger partial charge in [-0.2, -0.15) is 5.10 Å². The second-order valence-corrected chi connectivity index (χ2v) is 3.54. The normalized spacial score (nSPS) is 10.4. The number of carbonyl (C=O) groups excluding carboxylic acids is 1. The Labute approximate surface area is 103 Å². The van der Waals surface area contributed by atoms with Gasteiger partial charge in [-0.15, -0.1) is 0 Å². The van der Waals surface area contributed by atoms with Gasteiger partial charge in [0.25, 0.3) is 0 Å². The minimum Gasteiger partial charge on any atom is -0.449 e. The summed E-state index contributed by atoms with van der Waals surface area (Å²) in [4.78, 5) is 10.9. The van der Waals surface area contributed by atoms with Gasteiger partial charge in [0.1, 0.15) is 0 Å². The first-order valence-electron chi connectivity index (χ1n) is 4.55. The highest BCUT2D eigenvalue weighted by Gasteiger charge is 2.02. The maximum absolute atomic E-state index is 10.9. The van der Waals surface area contributed by atoms with Crippen LogP contribution in [-0.2, 0) is 4.74 Å². The summed E-state index contributed by atoms with van der Waals surface area (Å²) in [7, 11) is 0. The number of benzene rings is 1. The molecule has 1 aromatic carbocycles. The molecule has 86 valence electrons. The van der Waals surface area contributed by atoms with E-state index in [0.29, 0.717) is 15.6 Å². The monoisotopic (exact) mass is 260 g/mol. The molecule has 0 aliphatic heterocycles. The third-order valence-electron chi connectivity index (χ3n) is 1.62. The van der Waals surface area contributed by atoms with Gasteiger partial charge < -0.3 is 4.74 Å². The van der Waals surface area contributed by atoms with Crippen molar-refractivity contribution in [2.24, 2.45) is 5.10 Å². The standard InChI is InChI=1S/C10H10Cl2N2O2/c1-2-16-10(15)14-13-6-7-8(11)4-3-5-9(7)12/h3-6H,2H2,1H3,(H,14,15)/b13-6+. The molecule has 1 rings (SSSR count). The summed E-state index contributed by atoms with van der Waals surface area (Å²) in [5.41, 5.74) is 2.72. The van der Waals surface area contributed by atoms with Gasteiger partial charge in [-0.3, -0.25) is 0 Å². The Morgan fingerprint density at radius 2 is 2.12 bits per heavy atom. The first kappa shape index (κ1) is 12.8. The molecule has 1 amide bonds. The van der Waals surface area contributed by atoms with Gasteiger partial charge in [0, 0.05) is 5.56 Å². The summed E-state index contributed by atoms with van der Waals surface area (Å²) in [6.07, 6.45) is 0.739. The quantitative estimate of drug-likeness (QED) is 0.671. The van der Waals surface area contributed by atoms with Crippen LogP contribution >= 0.6 is 23.2 Å². The summed E-state index contributed by atoms with van der Waals surface area (Å²) < 4.78 is 4.61. The molecule has 0 radical (unpaired) electrons. The number of rotatable bonds is 3. The molecule has 0 saturated carbocycles. The molecule has 16 heavy (non-hydrogen) atoms. The third kappa shape index (κ3) is 3.72. The van der Waals surface area contributed by atoms with Crippen molar-refractivity contribution in [1.82, 2.24) is 5.43 Å². The zero-order valence-electron chi connectivity index (χ0n) is 8.54. The van der Waals surface area contributed by atoms with Crippen LogP contribution in [0.4, 0.5) is 4.79 Å². The summed E-state index contributed by atoms with van der Waals surface area (Å²) in [5, 5.41) is 4.58. The van der Waals surface area contributed by atoms with E-state index in [1.807, 2.05) is 0 Å². The number of ether oxygens (including phenoxy) is 1. The van der Waals surface area contributed by atoms with E-state index >= 15 is 0 Å². The van der Waals surface area contributed by atoms with E-state index < -0.39 is 6.09 Å². The number of nitrogens with zero attached hydrogens (tertiary/aromatic N) is 1. The molecule has 0 aromatic heterocycles. The lowest BCUT2D eigenvalue weighted by Gasteiger charge is -2.01. The van der Waals surface area contributed by atoms with Gasteiger partial charge in [0.05, 0.1) is 22.9 Å². The van der Waals surface area contributed by atoms with Gasteiger partial charge in [0.15, 0.2) is 0 Å². The Bertz CT molecular complexity index is 388. The van der Waals surface area contributed by atoms with Crippen molar-refractivity contribution in [3.8, 4) is 0 Å². The number of nitrogens with one attached hydrogen (secondary N) is 1. The molecule has 1 N–H and O–H groups in total. The maximum atomic E-state index is 10.9. The average Bonchev–Trinajstić information content (AvgIpc) is 2.23. The largest absolute Gasteiger partial charge is 0.449 e. The number of carbonyl (C=O) groups is 1. The van der Waals surface area contributed by atoms with Gasteiger partial charge in [-0.1, -0.05) is 29.3 Å². The number of halogens is 2. The highest BCUT2D eigenvalue weighted by molar-refractivity contribution is 6.38. The van der Waals surface area contributed by atoms with Crippen LogP contribution in [0.15, 0.2) is 23.3 Å². The van der Waals surface area contributed by atoms with Crippen LogP contribution in [0.1, 0.15) is 12.5 Å². The van der Waals surface area contributed by atoms with E-state index in [1.54, 1.807) is 25.1 Å². The average molecular weight is 261 g/mol. The molecule has 0 bridgehead atoms. The number of hydrogen-bond donors (Lipinski definition) is 1. The molecule has 0 aliphatic rings. The van der Waals surface area contributed by atoms with Gasteiger partial charge in [-0.25, -0.2) is 10.2 Å². The van der Waals surface area contributed by atoms with Crippen LogP contribution in [0.2, 0.25) is 10.0 Å². The lowest BCUT2D eigenvalue weighted by molar-refractivity contribution is 0.152. The molecule has 6 heteroatoms. The fourth-order valence-electron chi connectivity index (χ4n) is 0.947. The van der Waals surface area contributed by atoms with E-state index in [9.17, 15) is 4.79 Å². The summed E-state index contributed by atoms with van der Waals surface area (Å²) in [6, 6.07) is 5.08. The lowest BCUT2D eigenvalue weighted by Crippen LogP contribution is -2.18.